The standard InChI is InChI=1S/C13H24N2O3S2/c1-10(20(3)17)6-14-7-12(16)8-18-5-4-13-11(2)15-9-19-13/h9-10,12,14,16H,4-8H2,1-3H3. The van der Waals surface area contributed by atoms with Crippen molar-refractivity contribution in [2.75, 3.05) is 32.6 Å². The third-order valence-corrected chi connectivity index (χ3v) is 5.30. The molecule has 1 rings (SSSR count). The topological polar surface area (TPSA) is 71.5 Å². The number of rotatable bonds is 10. The highest BCUT2D eigenvalue weighted by atomic mass is 32.2. The molecule has 0 amide bonds. The Kier molecular flexibility index (Phi) is 8.47. The number of aryl methyl sites for hydroxylation is 1. The highest BCUT2D eigenvalue weighted by Gasteiger charge is 2.08. The van der Waals surface area contributed by atoms with Gasteiger partial charge in [-0.3, -0.25) is 4.21 Å². The van der Waals surface area contributed by atoms with E-state index in [0.717, 1.165) is 12.1 Å². The fraction of sp³-hybridized carbons (Fsp3) is 0.769. The predicted molar refractivity (Wildman–Crippen MR) is 83.8 cm³/mol. The van der Waals surface area contributed by atoms with Crippen molar-refractivity contribution in [2.45, 2.75) is 31.6 Å². The van der Waals surface area contributed by atoms with Crippen LogP contribution in [0.2, 0.25) is 0 Å². The maximum atomic E-state index is 11.2. The van der Waals surface area contributed by atoms with Gasteiger partial charge in [-0.25, -0.2) is 4.98 Å². The van der Waals surface area contributed by atoms with Crippen LogP contribution in [0.3, 0.4) is 0 Å². The van der Waals surface area contributed by atoms with Crippen LogP contribution in [0, 0.1) is 6.92 Å². The summed E-state index contributed by atoms with van der Waals surface area (Å²) in [5.41, 5.74) is 2.89. The van der Waals surface area contributed by atoms with Crippen molar-refractivity contribution in [3.63, 3.8) is 0 Å². The molecule has 5 nitrogen and oxygen atoms in total. The summed E-state index contributed by atoms with van der Waals surface area (Å²) >= 11 is 1.63. The average molecular weight is 320 g/mol. The molecule has 0 saturated heterocycles. The zero-order valence-corrected chi connectivity index (χ0v) is 13.9. The fourth-order valence-electron chi connectivity index (χ4n) is 1.58. The lowest BCUT2D eigenvalue weighted by Crippen LogP contribution is -2.35. The first-order valence-electron chi connectivity index (χ1n) is 6.68. The van der Waals surface area contributed by atoms with Gasteiger partial charge in [-0.05, 0) is 13.8 Å². The summed E-state index contributed by atoms with van der Waals surface area (Å²) in [6.45, 7) is 5.91. The van der Waals surface area contributed by atoms with Gasteiger partial charge < -0.3 is 15.2 Å². The van der Waals surface area contributed by atoms with Crippen LogP contribution in [0.5, 0.6) is 0 Å². The molecular formula is C13H24N2O3S2. The molecule has 0 radical (unpaired) electrons. The molecule has 0 saturated carbocycles. The summed E-state index contributed by atoms with van der Waals surface area (Å²) in [6, 6.07) is 0. The highest BCUT2D eigenvalue weighted by Crippen LogP contribution is 2.12. The highest BCUT2D eigenvalue weighted by molar-refractivity contribution is 7.84. The summed E-state index contributed by atoms with van der Waals surface area (Å²) in [6.07, 6.45) is 1.99. The van der Waals surface area contributed by atoms with E-state index in [1.807, 2.05) is 19.4 Å². The lowest BCUT2D eigenvalue weighted by molar-refractivity contribution is 0.0386. The third kappa shape index (κ3) is 6.90. The summed E-state index contributed by atoms with van der Waals surface area (Å²) in [5, 5.41) is 12.9. The molecule has 20 heavy (non-hydrogen) atoms. The molecule has 116 valence electrons. The smallest absolute Gasteiger partial charge is 0.0897 e. The second kappa shape index (κ2) is 9.57. The molecule has 7 heteroatoms. The van der Waals surface area contributed by atoms with Crippen LogP contribution < -0.4 is 5.32 Å². The Morgan fingerprint density at radius 2 is 2.30 bits per heavy atom. The van der Waals surface area contributed by atoms with E-state index in [1.54, 1.807) is 17.6 Å². The van der Waals surface area contributed by atoms with Crippen molar-refractivity contribution < 1.29 is 14.1 Å². The van der Waals surface area contributed by atoms with Crippen LogP contribution in [0.4, 0.5) is 0 Å². The lowest BCUT2D eigenvalue weighted by atomic mass is 10.3. The van der Waals surface area contributed by atoms with Gasteiger partial charge in [0.25, 0.3) is 0 Å². The average Bonchev–Trinajstić information content (AvgIpc) is 2.80. The Morgan fingerprint density at radius 3 is 2.90 bits per heavy atom. The SMILES string of the molecule is Cc1ncsc1CCOCC(O)CNCC(C)S(C)=O. The molecular weight excluding hydrogens is 296 g/mol. The molecule has 0 spiro atoms. The second-order valence-electron chi connectivity index (χ2n) is 4.81. The number of ether oxygens (including phenoxy) is 1. The molecule has 3 atom stereocenters. The number of hydrogen-bond donors (Lipinski definition) is 2. The molecule has 0 fully saturated rings. The summed E-state index contributed by atoms with van der Waals surface area (Å²) in [7, 11) is -0.831. The quantitative estimate of drug-likeness (QED) is 0.622. The minimum atomic E-state index is -0.831. The Morgan fingerprint density at radius 1 is 1.55 bits per heavy atom. The summed E-state index contributed by atoms with van der Waals surface area (Å²) in [5.74, 6) is 0. The van der Waals surface area contributed by atoms with E-state index in [0.29, 0.717) is 26.3 Å². The van der Waals surface area contributed by atoms with Crippen molar-refractivity contribution in [1.29, 1.82) is 0 Å². The second-order valence-corrected chi connectivity index (χ2v) is 7.55. The van der Waals surface area contributed by atoms with Crippen molar-refractivity contribution >= 4 is 22.1 Å². The predicted octanol–water partition coefficient (Wildman–Crippen LogP) is 0.728. The van der Waals surface area contributed by atoms with Gasteiger partial charge >= 0.3 is 0 Å². The minimum Gasteiger partial charge on any atom is -0.389 e. The number of nitrogens with zero attached hydrogens (tertiary/aromatic N) is 1. The van der Waals surface area contributed by atoms with E-state index in [1.165, 1.54) is 4.88 Å². The first-order valence-corrected chi connectivity index (χ1v) is 9.18. The normalized spacial score (nSPS) is 16.0. The van der Waals surface area contributed by atoms with Gasteiger partial charge in [0.15, 0.2) is 0 Å². The van der Waals surface area contributed by atoms with E-state index in [4.69, 9.17) is 4.74 Å². The molecule has 1 aromatic rings. The Balaban J connectivity index is 2.04. The Bertz CT molecular complexity index is 412. The first kappa shape index (κ1) is 17.7. The molecule has 0 aliphatic carbocycles. The summed E-state index contributed by atoms with van der Waals surface area (Å²) in [4.78, 5) is 5.41. The molecule has 0 aliphatic heterocycles. The minimum absolute atomic E-state index is 0.0948. The molecule has 0 bridgehead atoms. The van der Waals surface area contributed by atoms with Gasteiger partial charge in [0.1, 0.15) is 0 Å². The first-order chi connectivity index (χ1) is 9.50. The number of aromatic nitrogens is 1. The van der Waals surface area contributed by atoms with E-state index >= 15 is 0 Å². The molecule has 0 aliphatic rings. The van der Waals surface area contributed by atoms with Crippen molar-refractivity contribution in [1.82, 2.24) is 10.3 Å². The van der Waals surface area contributed by atoms with Crippen LogP contribution in [0.15, 0.2) is 5.51 Å². The van der Waals surface area contributed by atoms with Gasteiger partial charge in [0.2, 0.25) is 0 Å². The fourth-order valence-corrected chi connectivity index (χ4v) is 2.69. The Hall–Kier alpha value is -0.340. The molecule has 1 heterocycles. The maximum absolute atomic E-state index is 11.2. The van der Waals surface area contributed by atoms with Gasteiger partial charge in [-0.15, -0.1) is 11.3 Å². The maximum Gasteiger partial charge on any atom is 0.0897 e. The lowest BCUT2D eigenvalue weighted by Gasteiger charge is -2.14. The number of aliphatic hydroxyl groups excluding tert-OH is 1. The monoisotopic (exact) mass is 320 g/mol. The molecule has 1 aromatic heterocycles. The van der Waals surface area contributed by atoms with Gasteiger partial charge in [-0.1, -0.05) is 0 Å². The zero-order valence-electron chi connectivity index (χ0n) is 12.3. The number of aliphatic hydroxyl groups is 1. The van der Waals surface area contributed by atoms with Crippen LogP contribution in [-0.4, -0.2) is 58.2 Å². The Labute approximate surface area is 127 Å². The van der Waals surface area contributed by atoms with Gasteiger partial charge in [0, 0.05) is 46.7 Å². The van der Waals surface area contributed by atoms with Crippen LogP contribution in [0.1, 0.15) is 17.5 Å². The summed E-state index contributed by atoms with van der Waals surface area (Å²) < 4.78 is 16.6. The van der Waals surface area contributed by atoms with Gasteiger partial charge in [-0.2, -0.15) is 0 Å². The third-order valence-electron chi connectivity index (χ3n) is 3.01. The molecule has 0 aromatic carbocycles. The van der Waals surface area contributed by atoms with Crippen LogP contribution in [0.25, 0.3) is 0 Å². The van der Waals surface area contributed by atoms with Crippen molar-refractivity contribution in [3.05, 3.63) is 16.1 Å². The van der Waals surface area contributed by atoms with Crippen molar-refractivity contribution in [2.24, 2.45) is 0 Å². The molecule has 2 N–H and O–H groups in total. The van der Waals surface area contributed by atoms with Crippen molar-refractivity contribution in [3.8, 4) is 0 Å². The number of thiazole rings is 1. The van der Waals surface area contributed by atoms with E-state index in [9.17, 15) is 9.32 Å². The van der Waals surface area contributed by atoms with E-state index < -0.39 is 16.9 Å². The van der Waals surface area contributed by atoms with Crippen LogP contribution in [-0.2, 0) is 22.0 Å². The van der Waals surface area contributed by atoms with E-state index in [-0.39, 0.29) is 5.25 Å². The van der Waals surface area contributed by atoms with Gasteiger partial charge in [0.05, 0.1) is 30.5 Å². The van der Waals surface area contributed by atoms with Crippen LogP contribution >= 0.6 is 11.3 Å². The number of nitrogens with one attached hydrogen (secondary N) is 1. The molecule has 3 unspecified atom stereocenters. The largest absolute Gasteiger partial charge is 0.389 e. The van der Waals surface area contributed by atoms with E-state index in [2.05, 4.69) is 10.3 Å². The zero-order chi connectivity index (χ0) is 15.0. The number of hydrogen-bond acceptors (Lipinski definition) is 6.